The van der Waals surface area contributed by atoms with Crippen LogP contribution in [-0.4, -0.2) is 35.4 Å². The topological polar surface area (TPSA) is 58.6 Å². The Balaban J connectivity index is 1.76. The lowest BCUT2D eigenvalue weighted by Gasteiger charge is -2.25. The minimum absolute atomic E-state index is 0.143. The number of anilines is 1. The number of non-ortho nitro benzene ring substituents is 1. The summed E-state index contributed by atoms with van der Waals surface area (Å²) >= 11 is 0. The summed E-state index contributed by atoms with van der Waals surface area (Å²) in [5, 5.41) is 11.5. The molecule has 6 heteroatoms. The fourth-order valence-electron chi connectivity index (χ4n) is 5.69. The van der Waals surface area contributed by atoms with E-state index >= 15 is 0 Å². The number of nitro groups is 1. The standard InChI is InChI=1S/C30H38N3O3/c1-8-10-18-32-26-16-14-21(33(34)35)19-23(26)29(3,4)28(32)13-11-12-27-30(5,6)24-20-22(36-7)15-17-25(24)31(27)9-2/h11-17,19-20H,8-10,18H2,1-7H3/q+1. The lowest BCUT2D eigenvalue weighted by atomic mass is 9.81. The van der Waals surface area contributed by atoms with Gasteiger partial charge in [-0.2, -0.15) is 4.58 Å². The maximum Gasteiger partial charge on any atom is 0.270 e. The minimum atomic E-state index is -0.337. The number of hydrogen-bond acceptors (Lipinski definition) is 4. The number of nitrogens with zero attached hydrogens (tertiary/aromatic N) is 3. The molecule has 0 amide bonds. The first kappa shape index (κ1) is 25.7. The monoisotopic (exact) mass is 488 g/mol. The molecule has 0 saturated heterocycles. The molecule has 0 N–H and O–H groups in total. The number of benzene rings is 2. The molecule has 0 saturated carbocycles. The molecule has 2 aliphatic heterocycles. The fourth-order valence-corrected chi connectivity index (χ4v) is 5.69. The van der Waals surface area contributed by atoms with Crippen molar-refractivity contribution in [3.8, 4) is 5.75 Å². The number of likely N-dealkylation sites (N-methyl/N-ethyl adjacent to an activating group) is 1. The lowest BCUT2D eigenvalue weighted by molar-refractivity contribution is -0.438. The van der Waals surface area contributed by atoms with E-state index in [1.165, 1.54) is 22.7 Å². The van der Waals surface area contributed by atoms with E-state index in [-0.39, 0.29) is 21.4 Å². The van der Waals surface area contributed by atoms with Crippen molar-refractivity contribution in [2.45, 2.75) is 65.2 Å². The van der Waals surface area contributed by atoms with Gasteiger partial charge in [0.25, 0.3) is 5.69 Å². The Kier molecular flexibility index (Phi) is 6.82. The quantitative estimate of drug-likeness (QED) is 0.227. The van der Waals surface area contributed by atoms with Crippen LogP contribution in [0.5, 0.6) is 5.75 Å². The predicted molar refractivity (Wildman–Crippen MR) is 147 cm³/mol. The van der Waals surface area contributed by atoms with Crippen LogP contribution >= 0.6 is 0 Å². The molecule has 36 heavy (non-hydrogen) atoms. The molecule has 6 nitrogen and oxygen atoms in total. The van der Waals surface area contributed by atoms with E-state index in [0.29, 0.717) is 0 Å². The molecule has 0 radical (unpaired) electrons. The number of unbranched alkanes of at least 4 members (excludes halogenated alkanes) is 1. The summed E-state index contributed by atoms with van der Waals surface area (Å²) in [5.41, 5.74) is 6.63. The molecule has 0 aromatic heterocycles. The van der Waals surface area contributed by atoms with Crippen LogP contribution in [0.15, 0.2) is 60.3 Å². The summed E-state index contributed by atoms with van der Waals surface area (Å²) < 4.78 is 7.85. The highest BCUT2D eigenvalue weighted by molar-refractivity contribution is 6.03. The number of nitro benzene ring substituents is 1. The normalized spacial score (nSPS) is 18.8. The number of ether oxygens (including phenoxy) is 1. The molecule has 0 fully saturated rings. The third-order valence-electron chi connectivity index (χ3n) is 7.74. The molecule has 0 spiro atoms. The first-order valence-electron chi connectivity index (χ1n) is 12.9. The molecule has 2 aromatic carbocycles. The van der Waals surface area contributed by atoms with E-state index in [1.54, 1.807) is 19.2 Å². The van der Waals surface area contributed by atoms with Crippen molar-refractivity contribution in [1.29, 1.82) is 0 Å². The number of fused-ring (bicyclic) bond motifs is 2. The van der Waals surface area contributed by atoms with Gasteiger partial charge >= 0.3 is 0 Å². The molecule has 0 aliphatic carbocycles. The number of rotatable bonds is 8. The van der Waals surface area contributed by atoms with Crippen molar-refractivity contribution < 1.29 is 14.2 Å². The molecular weight excluding hydrogens is 450 g/mol. The van der Waals surface area contributed by atoms with Crippen molar-refractivity contribution in [1.82, 2.24) is 0 Å². The Bertz CT molecular complexity index is 1280. The van der Waals surface area contributed by atoms with Crippen LogP contribution in [0.2, 0.25) is 0 Å². The highest BCUT2D eigenvalue weighted by Gasteiger charge is 2.45. The molecule has 0 unspecified atom stereocenters. The van der Waals surface area contributed by atoms with E-state index in [9.17, 15) is 10.1 Å². The zero-order chi connectivity index (χ0) is 26.3. The van der Waals surface area contributed by atoms with Crippen molar-refractivity contribution in [2.75, 3.05) is 25.1 Å². The van der Waals surface area contributed by atoms with Crippen LogP contribution in [0.1, 0.15) is 65.5 Å². The average Bonchev–Trinajstić information content (AvgIpc) is 3.20. The van der Waals surface area contributed by atoms with Crippen molar-refractivity contribution in [2.24, 2.45) is 0 Å². The first-order valence-corrected chi connectivity index (χ1v) is 12.9. The second kappa shape index (κ2) is 9.57. The Morgan fingerprint density at radius 3 is 2.44 bits per heavy atom. The highest BCUT2D eigenvalue weighted by Crippen LogP contribution is 2.49. The summed E-state index contributed by atoms with van der Waals surface area (Å²) in [6, 6.07) is 11.6. The van der Waals surface area contributed by atoms with Gasteiger partial charge < -0.3 is 9.64 Å². The Morgan fingerprint density at radius 1 is 1.06 bits per heavy atom. The zero-order valence-electron chi connectivity index (χ0n) is 22.6. The van der Waals surface area contributed by atoms with Gasteiger partial charge in [-0.25, -0.2) is 0 Å². The van der Waals surface area contributed by atoms with Gasteiger partial charge in [0.1, 0.15) is 12.3 Å². The molecular formula is C30H38N3O3+. The van der Waals surface area contributed by atoms with Crippen LogP contribution in [-0.2, 0) is 10.8 Å². The SMILES string of the molecule is CCCC[N+]1=C(C=CC=C2N(CC)c3ccc(OC)cc3C2(C)C)C(C)(C)c2cc([N+](=O)[O-])ccc21. The van der Waals surface area contributed by atoms with Gasteiger partial charge in [0.05, 0.1) is 17.4 Å². The minimum Gasteiger partial charge on any atom is -0.497 e. The van der Waals surface area contributed by atoms with Crippen molar-refractivity contribution >= 4 is 22.8 Å². The first-order chi connectivity index (χ1) is 17.1. The molecule has 2 heterocycles. The largest absolute Gasteiger partial charge is 0.497 e. The van der Waals surface area contributed by atoms with Crippen LogP contribution < -0.4 is 9.64 Å². The smallest absolute Gasteiger partial charge is 0.270 e. The Hall–Kier alpha value is -3.41. The van der Waals surface area contributed by atoms with Crippen LogP contribution in [0, 0.1) is 10.1 Å². The number of methoxy groups -OCH3 is 1. The second-order valence-electron chi connectivity index (χ2n) is 10.6. The van der Waals surface area contributed by atoms with E-state index in [0.717, 1.165) is 42.9 Å². The van der Waals surface area contributed by atoms with E-state index in [2.05, 4.69) is 81.4 Å². The van der Waals surface area contributed by atoms with E-state index in [1.807, 2.05) is 12.1 Å². The zero-order valence-corrected chi connectivity index (χ0v) is 22.6. The van der Waals surface area contributed by atoms with Gasteiger partial charge in [0.2, 0.25) is 5.69 Å². The van der Waals surface area contributed by atoms with E-state index in [4.69, 9.17) is 4.74 Å². The molecule has 0 bridgehead atoms. The summed E-state index contributed by atoms with van der Waals surface area (Å²) in [7, 11) is 1.71. The average molecular weight is 489 g/mol. The van der Waals surface area contributed by atoms with Gasteiger partial charge in [-0.05, 0) is 50.6 Å². The van der Waals surface area contributed by atoms with Crippen LogP contribution in [0.4, 0.5) is 17.1 Å². The lowest BCUT2D eigenvalue weighted by Crippen LogP contribution is -2.28. The molecule has 2 aromatic rings. The summed E-state index contributed by atoms with van der Waals surface area (Å²) in [5.74, 6) is 0.872. The van der Waals surface area contributed by atoms with Gasteiger partial charge in [-0.15, -0.1) is 0 Å². The Labute approximate surface area is 214 Å². The number of allylic oxidation sites excluding steroid dienone is 4. The predicted octanol–water partition coefficient (Wildman–Crippen LogP) is 7.04. The molecule has 2 aliphatic rings. The van der Waals surface area contributed by atoms with Gasteiger partial charge in [-0.1, -0.05) is 33.3 Å². The maximum atomic E-state index is 11.5. The van der Waals surface area contributed by atoms with E-state index < -0.39 is 0 Å². The third kappa shape index (κ3) is 4.12. The highest BCUT2D eigenvalue weighted by atomic mass is 16.6. The summed E-state index contributed by atoms with van der Waals surface area (Å²) in [6.07, 6.45) is 8.71. The maximum absolute atomic E-state index is 11.5. The summed E-state index contributed by atoms with van der Waals surface area (Å²) in [6.45, 7) is 15.0. The second-order valence-corrected chi connectivity index (χ2v) is 10.6. The fraction of sp³-hybridized carbons (Fsp3) is 0.433. The Morgan fingerprint density at radius 2 is 1.81 bits per heavy atom. The third-order valence-corrected chi connectivity index (χ3v) is 7.74. The number of hydrogen-bond donors (Lipinski definition) is 0. The van der Waals surface area contributed by atoms with Crippen molar-refractivity contribution in [3.05, 3.63) is 81.6 Å². The summed E-state index contributed by atoms with van der Waals surface area (Å²) in [4.78, 5) is 13.5. The van der Waals surface area contributed by atoms with Crippen molar-refractivity contribution in [3.63, 3.8) is 0 Å². The van der Waals surface area contributed by atoms with Gasteiger partial charge in [0, 0.05) is 59.6 Å². The van der Waals surface area contributed by atoms with Crippen LogP contribution in [0.3, 0.4) is 0 Å². The van der Waals surface area contributed by atoms with Gasteiger partial charge in [-0.3, -0.25) is 10.1 Å². The molecule has 4 rings (SSSR count). The molecule has 190 valence electrons. The van der Waals surface area contributed by atoms with Gasteiger partial charge in [0.15, 0.2) is 5.71 Å². The van der Waals surface area contributed by atoms with Crippen LogP contribution in [0.25, 0.3) is 0 Å². The molecule has 0 atom stereocenters.